The van der Waals surface area contributed by atoms with Gasteiger partial charge in [-0.15, -0.1) is 0 Å². The van der Waals surface area contributed by atoms with Gasteiger partial charge in [-0.1, -0.05) is 16.8 Å². The van der Waals surface area contributed by atoms with Crippen LogP contribution in [0.1, 0.15) is 27.7 Å². The van der Waals surface area contributed by atoms with E-state index in [1.54, 1.807) is 13.8 Å². The highest BCUT2D eigenvalue weighted by atomic mass is 35.5. The first-order chi connectivity index (χ1) is 5.78. The molecule has 1 N–H and O–H groups in total. The van der Waals surface area contributed by atoms with Crippen molar-refractivity contribution < 1.29 is 14.7 Å². The summed E-state index contributed by atoms with van der Waals surface area (Å²) in [6.07, 6.45) is -0.519. The average molecular weight is 208 g/mol. The van der Waals surface area contributed by atoms with Gasteiger partial charge in [0.15, 0.2) is 11.0 Å². The van der Waals surface area contributed by atoms with Gasteiger partial charge in [-0.2, -0.15) is 0 Å². The number of hydrogen-bond donors (Lipinski definition) is 1. The summed E-state index contributed by atoms with van der Waals surface area (Å²) in [5.74, 6) is -0.695. The van der Waals surface area contributed by atoms with Crippen LogP contribution in [0.15, 0.2) is 5.16 Å². The SMILES string of the molecule is CC1(C)OC(C(Cl)=NO)C(C)(C)O1. The number of oxime groups is 1. The van der Waals surface area contributed by atoms with Crippen LogP contribution in [0.4, 0.5) is 0 Å². The molecule has 0 radical (unpaired) electrons. The standard InChI is InChI=1S/C8H14ClNO3/c1-7(2)5(6(9)10-11)12-8(3,4)13-7/h5,11H,1-4H3. The van der Waals surface area contributed by atoms with Gasteiger partial charge in [0.05, 0.1) is 5.60 Å². The molecule has 0 saturated carbocycles. The van der Waals surface area contributed by atoms with Crippen molar-refractivity contribution in [2.45, 2.75) is 45.2 Å². The molecule has 0 aromatic carbocycles. The van der Waals surface area contributed by atoms with Gasteiger partial charge in [-0.05, 0) is 27.7 Å². The highest BCUT2D eigenvalue weighted by molar-refractivity contribution is 6.66. The van der Waals surface area contributed by atoms with Gasteiger partial charge >= 0.3 is 0 Å². The van der Waals surface area contributed by atoms with Crippen molar-refractivity contribution in [1.29, 1.82) is 0 Å². The van der Waals surface area contributed by atoms with E-state index >= 15 is 0 Å². The Morgan fingerprint density at radius 2 is 1.92 bits per heavy atom. The van der Waals surface area contributed by atoms with Crippen LogP contribution in [0.2, 0.25) is 0 Å². The van der Waals surface area contributed by atoms with Crippen LogP contribution >= 0.6 is 11.6 Å². The van der Waals surface area contributed by atoms with E-state index in [1.807, 2.05) is 13.8 Å². The summed E-state index contributed by atoms with van der Waals surface area (Å²) >= 11 is 5.68. The van der Waals surface area contributed by atoms with Crippen molar-refractivity contribution in [3.63, 3.8) is 0 Å². The smallest absolute Gasteiger partial charge is 0.177 e. The van der Waals surface area contributed by atoms with E-state index in [0.717, 1.165) is 0 Å². The second kappa shape index (κ2) is 3.12. The van der Waals surface area contributed by atoms with E-state index in [4.69, 9.17) is 26.3 Å². The van der Waals surface area contributed by atoms with E-state index in [1.165, 1.54) is 0 Å². The zero-order valence-electron chi connectivity index (χ0n) is 8.17. The quantitative estimate of drug-likeness (QED) is 0.406. The van der Waals surface area contributed by atoms with Crippen molar-refractivity contribution in [2.75, 3.05) is 0 Å². The molecule has 1 fully saturated rings. The molecule has 4 nitrogen and oxygen atoms in total. The third-order valence-corrected chi connectivity index (χ3v) is 2.13. The minimum absolute atomic E-state index is 0.00979. The second-order valence-corrected chi connectivity index (χ2v) is 4.41. The molecule has 1 heterocycles. The highest BCUT2D eigenvalue weighted by Gasteiger charge is 2.49. The third-order valence-electron chi connectivity index (χ3n) is 1.85. The lowest BCUT2D eigenvalue weighted by atomic mass is 10.0. The molecule has 1 rings (SSSR count). The van der Waals surface area contributed by atoms with Crippen LogP contribution < -0.4 is 0 Å². The molecule has 1 atom stereocenters. The lowest BCUT2D eigenvalue weighted by Crippen LogP contribution is -2.37. The van der Waals surface area contributed by atoms with Crippen LogP contribution in [-0.2, 0) is 9.47 Å². The minimum atomic E-state index is -0.695. The molecule has 0 aromatic rings. The number of hydrogen-bond acceptors (Lipinski definition) is 4. The first-order valence-corrected chi connectivity index (χ1v) is 4.42. The van der Waals surface area contributed by atoms with Crippen molar-refractivity contribution >= 4 is 16.8 Å². The molecule has 0 spiro atoms. The van der Waals surface area contributed by atoms with Crippen LogP contribution in [-0.4, -0.2) is 27.9 Å². The van der Waals surface area contributed by atoms with Crippen LogP contribution in [0.25, 0.3) is 0 Å². The number of nitrogens with zero attached hydrogens (tertiary/aromatic N) is 1. The summed E-state index contributed by atoms with van der Waals surface area (Å²) in [5.41, 5.74) is -0.577. The molecule has 0 amide bonds. The molecule has 5 heteroatoms. The maximum Gasteiger partial charge on any atom is 0.177 e. The molecule has 0 aliphatic carbocycles. The normalized spacial score (nSPS) is 32.1. The van der Waals surface area contributed by atoms with E-state index in [-0.39, 0.29) is 5.17 Å². The molecule has 0 aromatic heterocycles. The first kappa shape index (κ1) is 10.8. The molecule has 1 unspecified atom stereocenters. The molecule has 1 aliphatic rings. The molecule has 76 valence electrons. The Kier molecular flexibility index (Phi) is 2.58. The zero-order chi connectivity index (χ0) is 10.3. The largest absolute Gasteiger partial charge is 0.410 e. The van der Waals surface area contributed by atoms with Crippen molar-refractivity contribution in [3.8, 4) is 0 Å². The van der Waals surface area contributed by atoms with Gasteiger partial charge in [0.2, 0.25) is 0 Å². The fraction of sp³-hybridized carbons (Fsp3) is 0.875. The zero-order valence-corrected chi connectivity index (χ0v) is 8.92. The summed E-state index contributed by atoms with van der Waals surface area (Å²) in [7, 11) is 0. The lowest BCUT2D eigenvalue weighted by molar-refractivity contribution is -0.155. The monoisotopic (exact) mass is 207 g/mol. The van der Waals surface area contributed by atoms with Crippen molar-refractivity contribution in [3.05, 3.63) is 0 Å². The van der Waals surface area contributed by atoms with E-state index < -0.39 is 17.5 Å². The van der Waals surface area contributed by atoms with Gasteiger partial charge in [-0.3, -0.25) is 0 Å². The van der Waals surface area contributed by atoms with E-state index in [0.29, 0.717) is 0 Å². The lowest BCUT2D eigenvalue weighted by Gasteiger charge is -2.22. The van der Waals surface area contributed by atoms with Gasteiger partial charge < -0.3 is 14.7 Å². The van der Waals surface area contributed by atoms with Crippen molar-refractivity contribution in [1.82, 2.24) is 0 Å². The minimum Gasteiger partial charge on any atom is -0.410 e. The van der Waals surface area contributed by atoms with E-state index in [9.17, 15) is 0 Å². The van der Waals surface area contributed by atoms with Gasteiger partial charge in [0.25, 0.3) is 0 Å². The van der Waals surface area contributed by atoms with Crippen LogP contribution in [0, 0.1) is 0 Å². The molecule has 1 aliphatic heterocycles. The second-order valence-electron chi connectivity index (χ2n) is 4.03. The topological polar surface area (TPSA) is 51.0 Å². The van der Waals surface area contributed by atoms with Gasteiger partial charge in [-0.25, -0.2) is 0 Å². The molecular formula is C8H14ClNO3. The predicted molar refractivity (Wildman–Crippen MR) is 49.2 cm³/mol. The average Bonchev–Trinajstić information content (AvgIpc) is 2.17. The molecule has 0 bridgehead atoms. The summed E-state index contributed by atoms with van der Waals surface area (Å²) in [6, 6.07) is 0. The number of halogens is 1. The fourth-order valence-corrected chi connectivity index (χ4v) is 1.83. The molecular weight excluding hydrogens is 194 g/mol. The van der Waals surface area contributed by atoms with Gasteiger partial charge in [0, 0.05) is 0 Å². The maximum absolute atomic E-state index is 8.52. The maximum atomic E-state index is 8.52. The number of rotatable bonds is 1. The predicted octanol–water partition coefficient (Wildman–Crippen LogP) is 1.94. The van der Waals surface area contributed by atoms with Gasteiger partial charge in [0.1, 0.15) is 6.10 Å². The Bertz CT molecular complexity index is 238. The fourth-order valence-electron chi connectivity index (χ4n) is 1.52. The molecule has 13 heavy (non-hydrogen) atoms. The Hall–Kier alpha value is -0.320. The summed E-state index contributed by atoms with van der Waals surface area (Å²) < 4.78 is 11.0. The van der Waals surface area contributed by atoms with Crippen LogP contribution in [0.3, 0.4) is 0 Å². The first-order valence-electron chi connectivity index (χ1n) is 4.04. The summed E-state index contributed by atoms with van der Waals surface area (Å²) in [5, 5.41) is 11.4. The Balaban J connectivity index is 2.89. The van der Waals surface area contributed by atoms with E-state index in [2.05, 4.69) is 5.16 Å². The summed E-state index contributed by atoms with van der Waals surface area (Å²) in [6.45, 7) is 7.24. The molecule has 1 saturated heterocycles. The summed E-state index contributed by atoms with van der Waals surface area (Å²) in [4.78, 5) is 0. The third kappa shape index (κ3) is 2.13. The van der Waals surface area contributed by atoms with Crippen LogP contribution in [0.5, 0.6) is 0 Å². The Morgan fingerprint density at radius 3 is 2.23 bits per heavy atom. The van der Waals surface area contributed by atoms with Crippen molar-refractivity contribution in [2.24, 2.45) is 5.16 Å². The Labute approximate surface area is 82.5 Å². The highest BCUT2D eigenvalue weighted by Crippen LogP contribution is 2.37. The number of ether oxygens (including phenoxy) is 2. The Morgan fingerprint density at radius 1 is 1.38 bits per heavy atom.